The van der Waals surface area contributed by atoms with Crippen LogP contribution in [0.25, 0.3) is 10.9 Å². The Bertz CT molecular complexity index is 1140. The zero-order valence-corrected chi connectivity index (χ0v) is 17.6. The van der Waals surface area contributed by atoms with Crippen LogP contribution >= 0.6 is 0 Å². The van der Waals surface area contributed by atoms with Crippen LogP contribution in [0.3, 0.4) is 0 Å². The van der Waals surface area contributed by atoms with Crippen molar-refractivity contribution in [2.24, 2.45) is 0 Å². The van der Waals surface area contributed by atoms with Gasteiger partial charge in [-0.1, -0.05) is 38.5 Å². The molecule has 0 unspecified atom stereocenters. The van der Waals surface area contributed by atoms with Gasteiger partial charge in [-0.2, -0.15) is 0 Å². The number of aromatic nitrogens is 1. The first-order chi connectivity index (χ1) is 15.1. The third-order valence-electron chi connectivity index (χ3n) is 5.11. The summed E-state index contributed by atoms with van der Waals surface area (Å²) in [6.07, 6.45) is 2.35. The lowest BCUT2D eigenvalue weighted by Crippen LogP contribution is -2.22. The van der Waals surface area contributed by atoms with E-state index in [0.29, 0.717) is 29.2 Å². The summed E-state index contributed by atoms with van der Waals surface area (Å²) in [6, 6.07) is 12.6. The van der Waals surface area contributed by atoms with Crippen molar-refractivity contribution >= 4 is 28.5 Å². The number of esters is 1. The minimum atomic E-state index is -0.520. The quantitative estimate of drug-likeness (QED) is 0.575. The Morgan fingerprint density at radius 3 is 2.71 bits per heavy atom. The summed E-state index contributed by atoms with van der Waals surface area (Å²) in [5, 5.41) is 3.45. The molecule has 0 fully saturated rings. The van der Waals surface area contributed by atoms with E-state index in [1.54, 1.807) is 18.2 Å². The summed E-state index contributed by atoms with van der Waals surface area (Å²) in [6.45, 7) is 3.84. The molecule has 4 rings (SSSR count). The predicted molar refractivity (Wildman–Crippen MR) is 117 cm³/mol. The van der Waals surface area contributed by atoms with Crippen molar-refractivity contribution in [2.45, 2.75) is 33.1 Å². The fraction of sp³-hybridized carbons (Fsp3) is 0.292. The number of ether oxygens (including phenoxy) is 3. The molecule has 1 amide bonds. The highest BCUT2D eigenvalue weighted by Gasteiger charge is 2.21. The average molecular weight is 420 g/mol. The number of benzene rings is 2. The molecule has 31 heavy (non-hydrogen) atoms. The number of anilines is 1. The van der Waals surface area contributed by atoms with Gasteiger partial charge >= 0.3 is 5.97 Å². The summed E-state index contributed by atoms with van der Waals surface area (Å²) in [4.78, 5) is 30.2. The van der Waals surface area contributed by atoms with E-state index in [2.05, 4.69) is 12.2 Å². The van der Waals surface area contributed by atoms with Crippen molar-refractivity contribution in [3.8, 4) is 11.5 Å². The van der Waals surface area contributed by atoms with Gasteiger partial charge < -0.3 is 19.5 Å². The van der Waals surface area contributed by atoms with Crippen LogP contribution < -0.4 is 14.8 Å². The number of carbonyl (C=O) groups excluding carboxylic acids is 2. The lowest BCUT2D eigenvalue weighted by molar-refractivity contribution is -0.119. The van der Waals surface area contributed by atoms with Crippen molar-refractivity contribution in [1.82, 2.24) is 4.98 Å². The molecular formula is C24H24N2O5. The third kappa shape index (κ3) is 4.30. The van der Waals surface area contributed by atoms with Crippen LogP contribution in [0, 0.1) is 0 Å². The van der Waals surface area contributed by atoms with Gasteiger partial charge in [0.2, 0.25) is 6.79 Å². The maximum atomic E-state index is 13.0. The zero-order valence-electron chi connectivity index (χ0n) is 17.6. The maximum absolute atomic E-state index is 13.0. The first kappa shape index (κ1) is 20.7. The van der Waals surface area contributed by atoms with E-state index in [4.69, 9.17) is 19.2 Å². The Morgan fingerprint density at radius 1 is 1.10 bits per heavy atom. The van der Waals surface area contributed by atoms with E-state index >= 15 is 0 Å². The van der Waals surface area contributed by atoms with Crippen LogP contribution in [0.4, 0.5) is 5.69 Å². The number of para-hydroxylation sites is 1. The highest BCUT2D eigenvalue weighted by atomic mass is 16.7. The number of nitrogens with zero attached hydrogens (tertiary/aromatic N) is 1. The lowest BCUT2D eigenvalue weighted by atomic mass is 9.96. The number of fused-ring (bicyclic) bond motifs is 2. The smallest absolute Gasteiger partial charge is 0.339 e. The van der Waals surface area contributed by atoms with Gasteiger partial charge in [0.05, 0.1) is 11.1 Å². The topological polar surface area (TPSA) is 86.8 Å². The van der Waals surface area contributed by atoms with Gasteiger partial charge in [-0.15, -0.1) is 0 Å². The number of hydrogen-bond acceptors (Lipinski definition) is 6. The summed E-state index contributed by atoms with van der Waals surface area (Å²) >= 11 is 0. The monoisotopic (exact) mass is 420 g/mol. The van der Waals surface area contributed by atoms with Gasteiger partial charge in [-0.25, -0.2) is 4.79 Å². The average Bonchev–Trinajstić information content (AvgIpc) is 3.24. The van der Waals surface area contributed by atoms with Crippen molar-refractivity contribution in [1.29, 1.82) is 0 Å². The SMILES string of the molecule is CCCc1nc2ccccc2c(C(=O)OCC(=O)Nc2ccc3c(c2)OCO3)c1CC. The Morgan fingerprint density at radius 2 is 1.90 bits per heavy atom. The molecule has 1 N–H and O–H groups in total. The molecule has 0 atom stereocenters. The Labute approximate surface area is 180 Å². The van der Waals surface area contributed by atoms with E-state index in [1.807, 2.05) is 31.2 Å². The van der Waals surface area contributed by atoms with Crippen LogP contribution in [0.15, 0.2) is 42.5 Å². The maximum Gasteiger partial charge on any atom is 0.339 e. The Kier molecular flexibility index (Phi) is 6.02. The molecule has 1 aromatic heterocycles. The lowest BCUT2D eigenvalue weighted by Gasteiger charge is -2.15. The van der Waals surface area contributed by atoms with Crippen molar-refractivity contribution in [3.05, 3.63) is 59.3 Å². The first-order valence-electron chi connectivity index (χ1n) is 10.4. The van der Waals surface area contributed by atoms with Gasteiger partial charge in [0.1, 0.15) is 0 Å². The fourth-order valence-electron chi connectivity index (χ4n) is 3.73. The number of carbonyl (C=O) groups is 2. The predicted octanol–water partition coefficient (Wildman–Crippen LogP) is 4.27. The minimum Gasteiger partial charge on any atom is -0.454 e. The van der Waals surface area contributed by atoms with E-state index in [9.17, 15) is 9.59 Å². The normalized spacial score (nSPS) is 12.1. The molecule has 1 aliphatic rings. The number of pyridine rings is 1. The highest BCUT2D eigenvalue weighted by molar-refractivity contribution is 6.06. The van der Waals surface area contributed by atoms with E-state index in [0.717, 1.165) is 35.0 Å². The largest absolute Gasteiger partial charge is 0.454 e. The number of rotatable bonds is 7. The second-order valence-corrected chi connectivity index (χ2v) is 7.23. The molecule has 0 radical (unpaired) electrons. The Hall–Kier alpha value is -3.61. The molecule has 0 bridgehead atoms. The van der Waals surface area contributed by atoms with Crippen LogP contribution in [-0.4, -0.2) is 30.3 Å². The highest BCUT2D eigenvalue weighted by Crippen LogP contribution is 2.34. The second-order valence-electron chi connectivity index (χ2n) is 7.23. The molecule has 0 saturated heterocycles. The molecule has 0 spiro atoms. The molecule has 2 aromatic carbocycles. The number of hydrogen-bond donors (Lipinski definition) is 1. The molecule has 2 heterocycles. The van der Waals surface area contributed by atoms with Crippen molar-refractivity contribution < 1.29 is 23.8 Å². The summed E-state index contributed by atoms with van der Waals surface area (Å²) < 4.78 is 16.0. The van der Waals surface area contributed by atoms with E-state index in [-0.39, 0.29) is 6.79 Å². The second kappa shape index (κ2) is 9.04. The number of nitrogens with one attached hydrogen (secondary N) is 1. The number of amides is 1. The van der Waals surface area contributed by atoms with Gasteiger partial charge in [0.25, 0.3) is 5.91 Å². The molecule has 3 aromatic rings. The van der Waals surface area contributed by atoms with Gasteiger partial charge in [-0.05, 0) is 36.6 Å². The molecule has 7 heteroatoms. The Balaban J connectivity index is 1.52. The molecule has 160 valence electrons. The molecule has 1 aliphatic heterocycles. The fourth-order valence-corrected chi connectivity index (χ4v) is 3.73. The van der Waals surface area contributed by atoms with Crippen molar-refractivity contribution in [2.75, 3.05) is 18.7 Å². The van der Waals surface area contributed by atoms with Gasteiger partial charge in [0.15, 0.2) is 18.1 Å². The third-order valence-corrected chi connectivity index (χ3v) is 5.11. The molecule has 0 saturated carbocycles. The first-order valence-corrected chi connectivity index (χ1v) is 10.4. The van der Waals surface area contributed by atoms with Crippen LogP contribution in [0.2, 0.25) is 0 Å². The molecular weight excluding hydrogens is 396 g/mol. The molecule has 0 aliphatic carbocycles. The summed E-state index contributed by atoms with van der Waals surface area (Å²) in [5.74, 6) is 0.240. The van der Waals surface area contributed by atoms with Crippen LogP contribution in [0.1, 0.15) is 41.9 Å². The van der Waals surface area contributed by atoms with Gasteiger partial charge in [-0.3, -0.25) is 9.78 Å². The standard InChI is InChI=1S/C24H24N2O5/c1-3-7-18-16(4-2)23(17-8-5-6-9-19(17)26-18)24(28)29-13-22(27)25-15-10-11-20-21(12-15)31-14-30-20/h5-6,8-12H,3-4,7,13-14H2,1-2H3,(H,25,27). The summed E-state index contributed by atoms with van der Waals surface area (Å²) in [5.41, 5.74) is 3.56. The van der Waals surface area contributed by atoms with Crippen LogP contribution in [0.5, 0.6) is 11.5 Å². The van der Waals surface area contributed by atoms with Crippen LogP contribution in [-0.2, 0) is 22.4 Å². The molecule has 7 nitrogen and oxygen atoms in total. The van der Waals surface area contributed by atoms with E-state index < -0.39 is 18.5 Å². The minimum absolute atomic E-state index is 0.157. The van der Waals surface area contributed by atoms with Gasteiger partial charge in [0, 0.05) is 22.8 Å². The zero-order chi connectivity index (χ0) is 21.8. The van der Waals surface area contributed by atoms with Crippen molar-refractivity contribution in [3.63, 3.8) is 0 Å². The summed E-state index contributed by atoms with van der Waals surface area (Å²) in [7, 11) is 0. The number of aryl methyl sites for hydroxylation is 1. The van der Waals surface area contributed by atoms with E-state index in [1.165, 1.54) is 0 Å².